The van der Waals surface area contributed by atoms with Crippen LogP contribution in [0.1, 0.15) is 49.7 Å². The number of rotatable bonds is 7. The van der Waals surface area contributed by atoms with Crippen LogP contribution in [0.2, 0.25) is 0 Å². The molecule has 4 heteroatoms. The van der Waals surface area contributed by atoms with Gasteiger partial charge in [-0.25, -0.2) is 0 Å². The van der Waals surface area contributed by atoms with Gasteiger partial charge in [0.25, 0.3) is 0 Å². The Bertz CT molecular complexity index is 1470. The Kier molecular flexibility index (Phi) is 3.69. The number of carboxylic acid groups (broad SMARTS) is 1. The Balaban J connectivity index is 1.82. The number of nitriles is 1. The van der Waals surface area contributed by atoms with Gasteiger partial charge in [-0.1, -0.05) is 90.8 Å². The summed E-state index contributed by atoms with van der Waals surface area (Å²) in [5.41, 5.74) is -3.63. The summed E-state index contributed by atoms with van der Waals surface area (Å²) >= 11 is 0. The van der Waals surface area contributed by atoms with Crippen molar-refractivity contribution in [2.45, 2.75) is 30.1 Å². The highest BCUT2D eigenvalue weighted by Gasteiger charge is 2.43. The van der Waals surface area contributed by atoms with E-state index in [1.165, 1.54) is 0 Å². The average Bonchev–Trinajstić information content (AvgIpc) is 3.00. The molecule has 1 heterocycles. The van der Waals surface area contributed by atoms with Crippen LogP contribution in [0.5, 0.6) is 0 Å². The normalized spacial score (nSPS) is 20.6. The first-order valence-corrected chi connectivity index (χ1v) is 10.3. The molecular formula is C28H28N2O2. The number of carboxylic acids is 1. The number of benzene rings is 3. The summed E-state index contributed by atoms with van der Waals surface area (Å²) in [6.45, 7) is 0.649. The predicted octanol–water partition coefficient (Wildman–Crippen LogP) is 5.00. The lowest BCUT2D eigenvalue weighted by molar-refractivity contribution is -0.146. The molecule has 0 spiro atoms. The summed E-state index contributed by atoms with van der Waals surface area (Å²) in [6.07, 6.45) is 0.210. The third-order valence-corrected chi connectivity index (χ3v) is 6.29. The first-order valence-electron chi connectivity index (χ1n) is 15.3. The van der Waals surface area contributed by atoms with Crippen LogP contribution in [0.25, 0.3) is 0 Å². The van der Waals surface area contributed by atoms with Gasteiger partial charge in [0.05, 0.1) is 25.2 Å². The molecule has 32 heavy (non-hydrogen) atoms. The fourth-order valence-corrected chi connectivity index (χ4v) is 4.34. The van der Waals surface area contributed by atoms with Crippen molar-refractivity contribution in [2.24, 2.45) is 0 Å². The van der Waals surface area contributed by atoms with Gasteiger partial charge in [0, 0.05) is 6.54 Å². The lowest BCUT2D eigenvalue weighted by Crippen LogP contribution is -2.48. The van der Waals surface area contributed by atoms with Crippen LogP contribution in [0.3, 0.4) is 0 Å². The van der Waals surface area contributed by atoms with E-state index < -0.39 is 88.4 Å². The Morgan fingerprint density at radius 1 is 1.00 bits per heavy atom. The molecule has 1 aliphatic rings. The van der Waals surface area contributed by atoms with Gasteiger partial charge in [-0.3, -0.25) is 4.79 Å². The molecule has 0 atom stereocenters. The Morgan fingerprint density at radius 3 is 2.00 bits per heavy atom. The highest BCUT2D eigenvalue weighted by Crippen LogP contribution is 2.38. The van der Waals surface area contributed by atoms with E-state index in [4.69, 9.17) is 13.7 Å². The Morgan fingerprint density at radius 2 is 1.53 bits per heavy atom. The molecule has 0 amide bonds. The van der Waals surface area contributed by atoms with Crippen molar-refractivity contribution in [1.82, 2.24) is 4.90 Å². The zero-order chi connectivity index (χ0) is 31.1. The third-order valence-electron chi connectivity index (χ3n) is 6.29. The van der Waals surface area contributed by atoms with Crippen molar-refractivity contribution < 1.29 is 23.6 Å². The molecule has 0 saturated carbocycles. The maximum absolute atomic E-state index is 12.4. The molecule has 0 unspecified atom stereocenters. The molecule has 162 valence electrons. The van der Waals surface area contributed by atoms with Gasteiger partial charge in [-0.2, -0.15) is 5.26 Å². The van der Waals surface area contributed by atoms with Gasteiger partial charge in [0.15, 0.2) is 0 Å². The fourth-order valence-electron chi connectivity index (χ4n) is 4.34. The summed E-state index contributed by atoms with van der Waals surface area (Å²) in [6, 6.07) is 3.80. The zero-order valence-electron chi connectivity index (χ0n) is 27.4. The Hall–Kier alpha value is -3.42. The molecule has 3 aromatic rings. The lowest BCUT2D eigenvalue weighted by Gasteiger charge is -2.40. The van der Waals surface area contributed by atoms with Gasteiger partial charge in [0.2, 0.25) is 0 Å². The monoisotopic (exact) mass is 434 g/mol. The van der Waals surface area contributed by atoms with E-state index in [9.17, 15) is 15.2 Å². The van der Waals surface area contributed by atoms with Gasteiger partial charge in [-0.05, 0) is 49.0 Å². The molecule has 4 rings (SSSR count). The van der Waals surface area contributed by atoms with E-state index in [-0.39, 0.29) is 25.8 Å². The Labute approximate surface area is 203 Å². The second-order valence-electron chi connectivity index (χ2n) is 7.86. The fraction of sp³-hybridized carbons (Fsp3) is 0.286. The molecule has 1 aliphatic heterocycles. The molecular weight excluding hydrogens is 396 g/mol. The van der Waals surface area contributed by atoms with Crippen LogP contribution < -0.4 is 0 Å². The lowest BCUT2D eigenvalue weighted by atomic mass is 9.71. The molecule has 0 aliphatic carbocycles. The molecule has 0 aromatic heterocycles. The molecule has 0 radical (unpaired) electrons. The molecule has 3 aromatic carbocycles. The smallest absolute Gasteiger partial charge is 0.314 e. The van der Waals surface area contributed by atoms with Gasteiger partial charge in [0.1, 0.15) is 5.41 Å². The molecule has 1 fully saturated rings. The number of aliphatic carboxylic acids is 1. The third kappa shape index (κ3) is 4.04. The van der Waals surface area contributed by atoms with Crippen LogP contribution in [0, 0.1) is 11.3 Å². The number of likely N-dealkylation sites (tertiary alicyclic amines) is 1. The number of hydrogen-bond acceptors (Lipinski definition) is 3. The highest BCUT2D eigenvalue weighted by atomic mass is 16.4. The SMILES string of the molecule is [2H]c1c([2H])c([2H])c(C(C#N)(CCN2CCC(C(=O)O)(c3ccccc3)CC2)c2c([2H])c([2H])c([2H])c([2H])c2[2H])c([2H])c1[2H]. The van der Waals surface area contributed by atoms with Crippen molar-refractivity contribution in [1.29, 1.82) is 5.26 Å². The summed E-state index contributed by atoms with van der Waals surface area (Å²) < 4.78 is 83.1. The predicted molar refractivity (Wildman–Crippen MR) is 125 cm³/mol. The van der Waals surface area contributed by atoms with Crippen LogP contribution >= 0.6 is 0 Å². The topological polar surface area (TPSA) is 64.3 Å². The zero-order valence-corrected chi connectivity index (χ0v) is 17.4. The van der Waals surface area contributed by atoms with Crippen LogP contribution in [0.15, 0.2) is 90.8 Å². The summed E-state index contributed by atoms with van der Waals surface area (Å²) in [4.78, 5) is 14.3. The maximum atomic E-state index is 12.4. The van der Waals surface area contributed by atoms with Crippen molar-refractivity contribution in [2.75, 3.05) is 19.6 Å². The maximum Gasteiger partial charge on any atom is 0.314 e. The highest BCUT2D eigenvalue weighted by molar-refractivity contribution is 5.81. The van der Waals surface area contributed by atoms with Crippen molar-refractivity contribution in [3.63, 3.8) is 0 Å². The van der Waals surface area contributed by atoms with Crippen LogP contribution in [0.4, 0.5) is 0 Å². The quantitative estimate of drug-likeness (QED) is 0.568. The average molecular weight is 435 g/mol. The number of piperidine rings is 1. The van der Waals surface area contributed by atoms with Crippen molar-refractivity contribution >= 4 is 5.97 Å². The largest absolute Gasteiger partial charge is 0.481 e. The van der Waals surface area contributed by atoms with Gasteiger partial charge in [-0.15, -0.1) is 0 Å². The molecule has 1 saturated heterocycles. The molecule has 4 nitrogen and oxygen atoms in total. The number of hydrogen-bond donors (Lipinski definition) is 1. The minimum Gasteiger partial charge on any atom is -0.481 e. The first kappa shape index (κ1) is 12.6. The number of carbonyl (C=O) groups is 1. The van der Waals surface area contributed by atoms with E-state index in [1.54, 1.807) is 30.3 Å². The van der Waals surface area contributed by atoms with Crippen molar-refractivity contribution in [3.8, 4) is 6.07 Å². The summed E-state index contributed by atoms with van der Waals surface area (Å²) in [5.74, 6) is -0.960. The van der Waals surface area contributed by atoms with Gasteiger partial charge >= 0.3 is 5.97 Å². The minimum atomic E-state index is -2.22. The van der Waals surface area contributed by atoms with Gasteiger partial charge < -0.3 is 10.0 Å². The number of nitrogens with zero attached hydrogens (tertiary/aromatic N) is 2. The van der Waals surface area contributed by atoms with E-state index in [1.807, 2.05) is 11.0 Å². The van der Waals surface area contributed by atoms with E-state index >= 15 is 0 Å². The van der Waals surface area contributed by atoms with E-state index in [0.29, 0.717) is 18.7 Å². The molecule has 1 N–H and O–H groups in total. The standard InChI is InChI=1S/C28H28N2O2/c29-22-28(24-12-6-2-7-13-24,25-14-8-3-9-15-25)18-21-30-19-16-27(17-20-30,26(31)32)23-10-4-1-5-11-23/h1-15H,16-21H2,(H,31,32)/i2D,3D,6D,7D,8D,9D,12D,13D,14D,15D. The van der Waals surface area contributed by atoms with E-state index in [2.05, 4.69) is 0 Å². The van der Waals surface area contributed by atoms with Crippen LogP contribution in [-0.2, 0) is 15.6 Å². The second kappa shape index (κ2) is 9.38. The summed E-state index contributed by atoms with van der Waals surface area (Å²) in [7, 11) is 0. The second-order valence-corrected chi connectivity index (χ2v) is 7.86. The van der Waals surface area contributed by atoms with Crippen LogP contribution in [-0.4, -0.2) is 35.6 Å². The molecule has 0 bridgehead atoms. The summed E-state index contributed by atoms with van der Waals surface area (Å²) in [5, 5.41) is 20.8. The van der Waals surface area contributed by atoms with Crippen molar-refractivity contribution in [3.05, 3.63) is 107 Å². The van der Waals surface area contributed by atoms with E-state index in [0.717, 1.165) is 0 Å². The minimum absolute atomic E-state index is 0.0579. The first-order chi connectivity index (χ1) is 19.7.